The van der Waals surface area contributed by atoms with Crippen LogP contribution in [0.4, 0.5) is 0 Å². The molecule has 6 heteroatoms. The molecule has 0 unspecified atom stereocenters. The standard InChI is InChI=1S/C32H40ClN3O2/c1-4-23(24-8-6-5-7-9-24)21-36-17-16-29(35-30(32(36)38)15-10-22(2)3)20-34-31(37)27-12-11-26-19-28(33)14-13-25(26)18-27/h5-9,11-14,18-19,22-23,29-30,35H,4,10,15-17,20-21H2,1-3H3,(H,34,37)/t23-,29+,30+/m1/s1. The lowest BCUT2D eigenvalue weighted by molar-refractivity contribution is -0.133. The third-order valence-electron chi connectivity index (χ3n) is 7.60. The minimum atomic E-state index is -0.236. The minimum Gasteiger partial charge on any atom is -0.350 e. The van der Waals surface area contributed by atoms with Crippen LogP contribution in [0.5, 0.6) is 0 Å². The Bertz CT molecular complexity index is 1230. The number of nitrogens with one attached hydrogen (secondary N) is 2. The SMILES string of the molecule is CC[C@H](CN1CC[C@@H](CNC(=O)c2ccc3cc(Cl)ccc3c2)N[C@@H](CCC(C)C)C1=O)c1ccccc1. The maximum atomic E-state index is 13.7. The molecule has 0 radical (unpaired) electrons. The van der Waals surface area contributed by atoms with E-state index in [2.05, 4.69) is 60.6 Å². The van der Waals surface area contributed by atoms with Crippen molar-refractivity contribution >= 4 is 34.2 Å². The molecule has 38 heavy (non-hydrogen) atoms. The van der Waals surface area contributed by atoms with Crippen LogP contribution in [-0.4, -0.2) is 48.4 Å². The Morgan fingerprint density at radius 2 is 1.82 bits per heavy atom. The first-order valence-electron chi connectivity index (χ1n) is 13.9. The summed E-state index contributed by atoms with van der Waals surface area (Å²) in [5, 5.41) is 9.38. The second-order valence-electron chi connectivity index (χ2n) is 10.9. The highest BCUT2D eigenvalue weighted by Gasteiger charge is 2.32. The first-order chi connectivity index (χ1) is 18.3. The average molecular weight is 534 g/mol. The lowest BCUT2D eigenvalue weighted by atomic mass is 9.95. The van der Waals surface area contributed by atoms with Crippen LogP contribution in [0.25, 0.3) is 10.8 Å². The quantitative estimate of drug-likeness (QED) is 0.316. The number of rotatable bonds is 10. The Hall–Kier alpha value is -2.89. The molecule has 1 aliphatic heterocycles. The smallest absolute Gasteiger partial charge is 0.251 e. The molecule has 202 valence electrons. The summed E-state index contributed by atoms with van der Waals surface area (Å²) in [5.74, 6) is 0.909. The van der Waals surface area contributed by atoms with Gasteiger partial charge in [-0.3, -0.25) is 9.59 Å². The lowest BCUT2D eigenvalue weighted by Gasteiger charge is -2.29. The van der Waals surface area contributed by atoms with Crippen molar-refractivity contribution in [1.29, 1.82) is 0 Å². The molecule has 3 aromatic carbocycles. The van der Waals surface area contributed by atoms with Gasteiger partial charge in [-0.05, 0) is 72.2 Å². The highest BCUT2D eigenvalue weighted by Crippen LogP contribution is 2.24. The number of halogens is 1. The average Bonchev–Trinajstić information content (AvgIpc) is 3.07. The molecule has 2 N–H and O–H groups in total. The highest BCUT2D eigenvalue weighted by atomic mass is 35.5. The fourth-order valence-corrected chi connectivity index (χ4v) is 5.45. The van der Waals surface area contributed by atoms with Crippen molar-refractivity contribution in [2.75, 3.05) is 19.6 Å². The van der Waals surface area contributed by atoms with Gasteiger partial charge in [0.1, 0.15) is 0 Å². The zero-order valence-corrected chi connectivity index (χ0v) is 23.5. The molecule has 1 saturated heterocycles. The number of amides is 2. The highest BCUT2D eigenvalue weighted by molar-refractivity contribution is 6.31. The number of nitrogens with zero attached hydrogens (tertiary/aromatic N) is 1. The number of carbonyl (C=O) groups excluding carboxylic acids is 2. The number of benzene rings is 3. The van der Waals surface area contributed by atoms with Crippen molar-refractivity contribution in [2.45, 2.75) is 64.5 Å². The third-order valence-corrected chi connectivity index (χ3v) is 7.84. The maximum Gasteiger partial charge on any atom is 0.251 e. The van der Waals surface area contributed by atoms with Crippen molar-refractivity contribution in [1.82, 2.24) is 15.5 Å². The summed E-state index contributed by atoms with van der Waals surface area (Å²) in [6, 6.07) is 21.6. The largest absolute Gasteiger partial charge is 0.350 e. The lowest BCUT2D eigenvalue weighted by Crippen LogP contribution is -2.49. The van der Waals surface area contributed by atoms with Gasteiger partial charge in [-0.25, -0.2) is 0 Å². The van der Waals surface area contributed by atoms with E-state index in [1.807, 2.05) is 42.5 Å². The molecule has 1 heterocycles. The van der Waals surface area contributed by atoms with Crippen LogP contribution in [-0.2, 0) is 4.79 Å². The van der Waals surface area contributed by atoms with Crippen molar-refractivity contribution in [2.24, 2.45) is 5.92 Å². The Kier molecular flexibility index (Phi) is 9.81. The Morgan fingerprint density at radius 1 is 1.08 bits per heavy atom. The molecule has 0 bridgehead atoms. The van der Waals surface area contributed by atoms with Crippen molar-refractivity contribution in [3.63, 3.8) is 0 Å². The van der Waals surface area contributed by atoms with Crippen LogP contribution in [0.15, 0.2) is 66.7 Å². The van der Waals surface area contributed by atoms with Gasteiger partial charge < -0.3 is 15.5 Å². The van der Waals surface area contributed by atoms with E-state index < -0.39 is 0 Å². The van der Waals surface area contributed by atoms with Gasteiger partial charge in [-0.2, -0.15) is 0 Å². The first-order valence-corrected chi connectivity index (χ1v) is 14.3. The van der Waals surface area contributed by atoms with E-state index in [1.54, 1.807) is 0 Å². The Morgan fingerprint density at radius 3 is 2.55 bits per heavy atom. The molecular formula is C32H40ClN3O2. The van der Waals surface area contributed by atoms with Crippen molar-refractivity contribution < 1.29 is 9.59 Å². The van der Waals surface area contributed by atoms with Gasteiger partial charge in [-0.15, -0.1) is 0 Å². The van der Waals surface area contributed by atoms with Gasteiger partial charge >= 0.3 is 0 Å². The molecule has 4 rings (SSSR count). The molecular weight excluding hydrogens is 494 g/mol. The second-order valence-corrected chi connectivity index (χ2v) is 11.3. The van der Waals surface area contributed by atoms with Crippen LogP contribution in [0.1, 0.15) is 68.3 Å². The molecule has 1 aliphatic rings. The monoisotopic (exact) mass is 533 g/mol. The fourth-order valence-electron chi connectivity index (χ4n) is 5.27. The molecule has 0 saturated carbocycles. The van der Waals surface area contributed by atoms with E-state index in [0.717, 1.165) is 43.0 Å². The van der Waals surface area contributed by atoms with Gasteiger partial charge in [0.05, 0.1) is 6.04 Å². The molecule has 2 amide bonds. The number of hydrogen-bond acceptors (Lipinski definition) is 3. The van der Waals surface area contributed by atoms with E-state index in [4.69, 9.17) is 11.6 Å². The summed E-state index contributed by atoms with van der Waals surface area (Å²) in [6.45, 7) is 8.46. The van der Waals surface area contributed by atoms with E-state index in [0.29, 0.717) is 35.5 Å². The van der Waals surface area contributed by atoms with Crippen LogP contribution in [0.2, 0.25) is 5.02 Å². The van der Waals surface area contributed by atoms with E-state index >= 15 is 0 Å². The Balaban J connectivity index is 1.43. The van der Waals surface area contributed by atoms with Crippen LogP contribution >= 0.6 is 11.6 Å². The Labute approximate surface area is 231 Å². The summed E-state index contributed by atoms with van der Waals surface area (Å²) in [4.78, 5) is 28.7. The predicted molar refractivity (Wildman–Crippen MR) is 157 cm³/mol. The third kappa shape index (κ3) is 7.36. The molecule has 5 nitrogen and oxygen atoms in total. The van der Waals surface area contributed by atoms with Gasteiger partial charge in [-0.1, -0.05) is 74.8 Å². The molecule has 1 fully saturated rings. The van der Waals surface area contributed by atoms with Crippen LogP contribution in [0.3, 0.4) is 0 Å². The zero-order chi connectivity index (χ0) is 27.1. The predicted octanol–water partition coefficient (Wildman–Crippen LogP) is 6.41. The molecule has 0 aromatic heterocycles. The molecule has 0 aliphatic carbocycles. The summed E-state index contributed by atoms with van der Waals surface area (Å²) in [7, 11) is 0. The summed E-state index contributed by atoms with van der Waals surface area (Å²) in [6.07, 6.45) is 3.56. The van der Waals surface area contributed by atoms with Crippen molar-refractivity contribution in [3.8, 4) is 0 Å². The van der Waals surface area contributed by atoms with Crippen LogP contribution < -0.4 is 10.6 Å². The van der Waals surface area contributed by atoms with Crippen molar-refractivity contribution in [3.05, 3.63) is 82.9 Å². The summed E-state index contributed by atoms with van der Waals surface area (Å²) >= 11 is 6.10. The summed E-state index contributed by atoms with van der Waals surface area (Å²) < 4.78 is 0. The molecule has 3 atom stereocenters. The normalized spacial score (nSPS) is 19.0. The zero-order valence-electron chi connectivity index (χ0n) is 22.8. The second kappa shape index (κ2) is 13.3. The molecule has 3 aromatic rings. The summed E-state index contributed by atoms with van der Waals surface area (Å²) in [5.41, 5.74) is 1.90. The maximum absolute atomic E-state index is 13.7. The van der Waals surface area contributed by atoms with Gasteiger partial charge in [0.2, 0.25) is 5.91 Å². The van der Waals surface area contributed by atoms with E-state index in [9.17, 15) is 9.59 Å². The minimum absolute atomic E-state index is 0.0288. The number of fused-ring (bicyclic) bond motifs is 1. The first kappa shape index (κ1) is 28.1. The van der Waals surface area contributed by atoms with Crippen LogP contribution in [0, 0.1) is 5.92 Å². The van der Waals surface area contributed by atoms with Gasteiger partial charge in [0.25, 0.3) is 5.91 Å². The molecule has 0 spiro atoms. The van der Waals surface area contributed by atoms with E-state index in [-0.39, 0.29) is 23.9 Å². The van der Waals surface area contributed by atoms with Gasteiger partial charge in [0.15, 0.2) is 0 Å². The topological polar surface area (TPSA) is 61.4 Å². The van der Waals surface area contributed by atoms with E-state index in [1.165, 1.54) is 5.56 Å². The van der Waals surface area contributed by atoms with Gasteiger partial charge in [0, 0.05) is 42.2 Å². The number of carbonyl (C=O) groups is 2. The number of hydrogen-bond donors (Lipinski definition) is 2. The fraction of sp³-hybridized carbons (Fsp3) is 0.438.